The summed E-state index contributed by atoms with van der Waals surface area (Å²) in [6, 6.07) is 0. The topological polar surface area (TPSA) is 17.1 Å². The van der Waals surface area contributed by atoms with Crippen molar-refractivity contribution in [2.24, 2.45) is 17.3 Å². The summed E-state index contributed by atoms with van der Waals surface area (Å²) in [5.41, 5.74) is 0.138. The molecule has 2 aliphatic rings. The molecule has 2 fully saturated rings. The number of aldehydes is 1. The highest BCUT2D eigenvalue weighted by Gasteiger charge is 2.44. The van der Waals surface area contributed by atoms with Crippen LogP contribution in [0.4, 0.5) is 0 Å². The summed E-state index contributed by atoms with van der Waals surface area (Å²) in [4.78, 5) is 11.2. The molecule has 0 aromatic rings. The van der Waals surface area contributed by atoms with E-state index in [1.54, 1.807) is 0 Å². The molecule has 0 N–H and O–H groups in total. The predicted molar refractivity (Wildman–Crippen MR) is 58.1 cm³/mol. The molecule has 0 amide bonds. The van der Waals surface area contributed by atoms with Gasteiger partial charge in [-0.05, 0) is 37.5 Å². The highest BCUT2D eigenvalue weighted by Crippen LogP contribution is 2.51. The predicted octanol–water partition coefficient (Wildman–Crippen LogP) is 3.57. The Bertz CT molecular complexity index is 197. The Labute approximate surface area is 87.3 Å². The van der Waals surface area contributed by atoms with Gasteiger partial charge in [-0.2, -0.15) is 0 Å². The molecule has 0 bridgehead atoms. The second-order valence-electron chi connectivity index (χ2n) is 5.33. The molecule has 2 aliphatic carbocycles. The van der Waals surface area contributed by atoms with E-state index >= 15 is 0 Å². The van der Waals surface area contributed by atoms with Crippen LogP contribution in [0.5, 0.6) is 0 Å². The first kappa shape index (κ1) is 10.2. The van der Waals surface area contributed by atoms with E-state index in [0.29, 0.717) is 0 Å². The van der Waals surface area contributed by atoms with Gasteiger partial charge in [0, 0.05) is 5.41 Å². The van der Waals surface area contributed by atoms with Crippen molar-refractivity contribution in [1.82, 2.24) is 0 Å². The first-order valence-corrected chi connectivity index (χ1v) is 6.27. The summed E-state index contributed by atoms with van der Waals surface area (Å²) in [6.45, 7) is 2.30. The average Bonchev–Trinajstić information content (AvgIpc) is 2.18. The molecular weight excluding hydrogens is 172 g/mol. The van der Waals surface area contributed by atoms with Gasteiger partial charge >= 0.3 is 0 Å². The van der Waals surface area contributed by atoms with Crippen molar-refractivity contribution < 1.29 is 4.79 Å². The largest absolute Gasteiger partial charge is 0.303 e. The Balaban J connectivity index is 1.91. The number of carbonyl (C=O) groups is 1. The summed E-state index contributed by atoms with van der Waals surface area (Å²) in [5, 5.41) is 0. The molecule has 80 valence electrons. The number of hydrogen-bond donors (Lipinski definition) is 0. The summed E-state index contributed by atoms with van der Waals surface area (Å²) >= 11 is 0. The fourth-order valence-electron chi connectivity index (χ4n) is 3.35. The third-order valence-electron chi connectivity index (χ3n) is 4.76. The Morgan fingerprint density at radius 2 is 1.86 bits per heavy atom. The van der Waals surface area contributed by atoms with Gasteiger partial charge in [0.25, 0.3) is 0 Å². The number of rotatable bonds is 3. The Kier molecular flexibility index (Phi) is 2.94. The molecule has 0 spiro atoms. The van der Waals surface area contributed by atoms with Gasteiger partial charge in [-0.3, -0.25) is 0 Å². The summed E-state index contributed by atoms with van der Waals surface area (Å²) < 4.78 is 0. The molecule has 1 nitrogen and oxygen atoms in total. The lowest BCUT2D eigenvalue weighted by molar-refractivity contribution is -0.126. The molecule has 2 rings (SSSR count). The van der Waals surface area contributed by atoms with Crippen LogP contribution in [0.15, 0.2) is 0 Å². The van der Waals surface area contributed by atoms with E-state index in [-0.39, 0.29) is 5.41 Å². The average molecular weight is 194 g/mol. The third-order valence-corrected chi connectivity index (χ3v) is 4.76. The fraction of sp³-hybridized carbons (Fsp3) is 0.923. The van der Waals surface area contributed by atoms with E-state index in [1.165, 1.54) is 57.7 Å². The molecule has 1 heteroatoms. The van der Waals surface area contributed by atoms with Gasteiger partial charge in [0.1, 0.15) is 6.29 Å². The molecule has 0 atom stereocenters. The van der Waals surface area contributed by atoms with E-state index in [2.05, 4.69) is 6.92 Å². The van der Waals surface area contributed by atoms with Gasteiger partial charge in [0.05, 0.1) is 0 Å². The van der Waals surface area contributed by atoms with Crippen molar-refractivity contribution in [3.63, 3.8) is 0 Å². The molecule has 0 aliphatic heterocycles. The van der Waals surface area contributed by atoms with Crippen LogP contribution >= 0.6 is 0 Å². The van der Waals surface area contributed by atoms with Crippen LogP contribution in [0.2, 0.25) is 0 Å². The molecule has 14 heavy (non-hydrogen) atoms. The second kappa shape index (κ2) is 4.04. The lowest BCUT2D eigenvalue weighted by Gasteiger charge is -2.46. The van der Waals surface area contributed by atoms with Gasteiger partial charge in [-0.25, -0.2) is 0 Å². The van der Waals surface area contributed by atoms with Crippen molar-refractivity contribution >= 4 is 6.29 Å². The lowest BCUT2D eigenvalue weighted by atomic mass is 9.57. The zero-order valence-corrected chi connectivity index (χ0v) is 9.30. The lowest BCUT2D eigenvalue weighted by Crippen LogP contribution is -2.40. The first-order chi connectivity index (χ1) is 6.80. The highest BCUT2D eigenvalue weighted by atomic mass is 16.1. The van der Waals surface area contributed by atoms with E-state index < -0.39 is 0 Å². The minimum absolute atomic E-state index is 0.138. The van der Waals surface area contributed by atoms with Gasteiger partial charge in [-0.15, -0.1) is 0 Å². The van der Waals surface area contributed by atoms with Crippen molar-refractivity contribution in [2.75, 3.05) is 0 Å². The smallest absolute Gasteiger partial charge is 0.126 e. The zero-order valence-electron chi connectivity index (χ0n) is 9.30. The van der Waals surface area contributed by atoms with Gasteiger partial charge < -0.3 is 4.79 Å². The molecule has 2 saturated carbocycles. The molecule has 0 unspecified atom stereocenters. The Hall–Kier alpha value is -0.330. The molecule has 0 heterocycles. The summed E-state index contributed by atoms with van der Waals surface area (Å²) in [5.74, 6) is 1.69. The van der Waals surface area contributed by atoms with Crippen molar-refractivity contribution in [2.45, 2.75) is 58.3 Å². The van der Waals surface area contributed by atoms with E-state index in [0.717, 1.165) is 11.8 Å². The fourth-order valence-corrected chi connectivity index (χ4v) is 3.35. The van der Waals surface area contributed by atoms with Crippen molar-refractivity contribution in [1.29, 1.82) is 0 Å². The maximum atomic E-state index is 11.2. The number of hydrogen-bond acceptors (Lipinski definition) is 1. The molecule has 0 radical (unpaired) electrons. The van der Waals surface area contributed by atoms with E-state index in [1.807, 2.05) is 0 Å². The minimum Gasteiger partial charge on any atom is -0.303 e. The van der Waals surface area contributed by atoms with Crippen molar-refractivity contribution in [3.05, 3.63) is 0 Å². The molecular formula is C13H22O. The van der Waals surface area contributed by atoms with Gasteiger partial charge in [-0.1, -0.05) is 32.6 Å². The van der Waals surface area contributed by atoms with Crippen molar-refractivity contribution in [3.8, 4) is 0 Å². The van der Waals surface area contributed by atoms with Crippen LogP contribution in [0.3, 0.4) is 0 Å². The molecule has 0 aromatic heterocycles. The van der Waals surface area contributed by atoms with Crippen LogP contribution < -0.4 is 0 Å². The molecule has 0 aromatic carbocycles. The summed E-state index contributed by atoms with van der Waals surface area (Å²) in [6.07, 6.45) is 11.6. The maximum absolute atomic E-state index is 11.2. The highest BCUT2D eigenvalue weighted by molar-refractivity contribution is 5.61. The molecule has 0 saturated heterocycles. The standard InChI is InChI=1S/C13H22O/c1-2-11-4-6-12(7-5-11)13(10-14)8-3-9-13/h10-12H,2-9H2,1H3. The first-order valence-electron chi connectivity index (χ1n) is 6.27. The van der Waals surface area contributed by atoms with E-state index in [4.69, 9.17) is 0 Å². The minimum atomic E-state index is 0.138. The normalized spacial score (nSPS) is 36.1. The van der Waals surface area contributed by atoms with Gasteiger partial charge in [0.2, 0.25) is 0 Å². The van der Waals surface area contributed by atoms with Crippen LogP contribution in [0.25, 0.3) is 0 Å². The SMILES string of the molecule is CCC1CCC(C2(C=O)CCC2)CC1. The quantitative estimate of drug-likeness (QED) is 0.628. The monoisotopic (exact) mass is 194 g/mol. The van der Waals surface area contributed by atoms with Crippen LogP contribution in [0.1, 0.15) is 58.3 Å². The third kappa shape index (κ3) is 1.62. The number of carbonyl (C=O) groups excluding carboxylic acids is 1. The van der Waals surface area contributed by atoms with E-state index in [9.17, 15) is 4.79 Å². The van der Waals surface area contributed by atoms with Gasteiger partial charge in [0.15, 0.2) is 0 Å². The second-order valence-corrected chi connectivity index (χ2v) is 5.33. The Morgan fingerprint density at radius 1 is 1.21 bits per heavy atom. The Morgan fingerprint density at radius 3 is 2.21 bits per heavy atom. The summed E-state index contributed by atoms with van der Waals surface area (Å²) in [7, 11) is 0. The van der Waals surface area contributed by atoms with Crippen LogP contribution in [-0.4, -0.2) is 6.29 Å². The zero-order chi connectivity index (χ0) is 10.0. The van der Waals surface area contributed by atoms with Crippen LogP contribution in [0, 0.1) is 17.3 Å². The maximum Gasteiger partial charge on any atom is 0.126 e. The van der Waals surface area contributed by atoms with Crippen LogP contribution in [-0.2, 0) is 4.79 Å².